The molecule has 0 aromatic carbocycles. The van der Waals surface area contributed by atoms with E-state index in [-0.39, 0.29) is 30.1 Å². The van der Waals surface area contributed by atoms with Crippen molar-refractivity contribution >= 4 is 17.7 Å². The second kappa shape index (κ2) is 4.86. The maximum absolute atomic E-state index is 12.5. The summed E-state index contributed by atoms with van der Waals surface area (Å²) in [7, 11) is 1.49. The minimum Gasteiger partial charge on any atom is -0.368 e. The topological polar surface area (TPSA) is 101 Å². The number of amides is 3. The van der Waals surface area contributed by atoms with E-state index >= 15 is 0 Å². The molecule has 2 fully saturated rings. The molecule has 4 unspecified atom stereocenters. The fraction of sp³-hybridized carbons (Fsp3) is 0.667. The van der Waals surface area contributed by atoms with Gasteiger partial charge in [0.25, 0.3) is 0 Å². The molecule has 114 valence electrons. The Balaban J connectivity index is 1.64. The first kappa shape index (κ1) is 14.1. The van der Waals surface area contributed by atoms with Crippen LogP contribution in [0.5, 0.6) is 0 Å². The summed E-state index contributed by atoms with van der Waals surface area (Å²) in [5.74, 6) is -0.433. The van der Waals surface area contributed by atoms with Crippen LogP contribution in [0, 0.1) is 23.2 Å². The van der Waals surface area contributed by atoms with Crippen molar-refractivity contribution in [2.24, 2.45) is 28.9 Å². The highest BCUT2D eigenvalue weighted by atomic mass is 16.2. The molecule has 2 bridgehead atoms. The summed E-state index contributed by atoms with van der Waals surface area (Å²) < 4.78 is 0. The van der Waals surface area contributed by atoms with E-state index in [0.29, 0.717) is 11.3 Å². The van der Waals surface area contributed by atoms with Gasteiger partial charge in [0.1, 0.15) is 6.04 Å². The second-order valence-corrected chi connectivity index (χ2v) is 6.43. The van der Waals surface area contributed by atoms with Gasteiger partial charge in [0.05, 0.1) is 6.42 Å². The van der Waals surface area contributed by atoms with Gasteiger partial charge in [0.15, 0.2) is 0 Å². The van der Waals surface area contributed by atoms with Crippen LogP contribution >= 0.6 is 0 Å². The molecular weight excluding hydrogens is 270 g/mol. The van der Waals surface area contributed by atoms with Crippen molar-refractivity contribution in [1.82, 2.24) is 10.6 Å². The van der Waals surface area contributed by atoms with Crippen LogP contribution in [-0.2, 0) is 14.4 Å². The second-order valence-electron chi connectivity index (χ2n) is 6.43. The van der Waals surface area contributed by atoms with Crippen LogP contribution in [0.2, 0.25) is 0 Å². The maximum atomic E-state index is 12.5. The van der Waals surface area contributed by atoms with Crippen LogP contribution in [0.4, 0.5) is 0 Å². The number of hydrogen-bond donors (Lipinski definition) is 3. The van der Waals surface area contributed by atoms with Crippen molar-refractivity contribution in [3.63, 3.8) is 0 Å². The van der Waals surface area contributed by atoms with E-state index in [9.17, 15) is 14.4 Å². The third-order valence-electron chi connectivity index (χ3n) is 5.39. The standard InChI is InChI=1S/C15H21N3O3/c1-17-12(19)7-11(13(16)20)18-14(21)9-6-8-2-3-10(9)15(8)4-5-15/h2-3,8-11H,4-7H2,1H3,(H2,16,20)(H,17,19)(H,18,21). The number of carbonyl (C=O) groups is 3. The molecule has 1 spiro atoms. The fourth-order valence-electron chi connectivity index (χ4n) is 4.06. The fourth-order valence-corrected chi connectivity index (χ4v) is 4.06. The lowest BCUT2D eigenvalue weighted by molar-refractivity contribution is -0.132. The van der Waals surface area contributed by atoms with Crippen molar-refractivity contribution < 1.29 is 14.4 Å². The van der Waals surface area contributed by atoms with Crippen LogP contribution in [0.15, 0.2) is 12.2 Å². The van der Waals surface area contributed by atoms with Crippen molar-refractivity contribution in [2.75, 3.05) is 7.05 Å². The molecule has 3 rings (SSSR count). The van der Waals surface area contributed by atoms with E-state index < -0.39 is 11.9 Å². The number of primary amides is 1. The third-order valence-corrected chi connectivity index (χ3v) is 5.39. The SMILES string of the molecule is CNC(=O)CC(NC(=O)C1CC2C=CC1C21CC1)C(N)=O. The smallest absolute Gasteiger partial charge is 0.240 e. The number of allylic oxidation sites excluding steroid dienone is 2. The number of rotatable bonds is 5. The molecule has 4 atom stereocenters. The molecule has 3 amide bonds. The third kappa shape index (κ3) is 2.22. The lowest BCUT2D eigenvalue weighted by atomic mass is 9.88. The van der Waals surface area contributed by atoms with Crippen molar-refractivity contribution in [1.29, 1.82) is 0 Å². The van der Waals surface area contributed by atoms with Crippen LogP contribution in [-0.4, -0.2) is 30.8 Å². The first-order valence-electron chi connectivity index (χ1n) is 7.46. The lowest BCUT2D eigenvalue weighted by Crippen LogP contribution is -2.49. The molecule has 6 heteroatoms. The predicted octanol–water partition coefficient (Wildman–Crippen LogP) is -0.305. The highest BCUT2D eigenvalue weighted by Gasteiger charge is 2.64. The van der Waals surface area contributed by atoms with Crippen LogP contribution in [0.1, 0.15) is 25.7 Å². The zero-order chi connectivity index (χ0) is 15.2. The van der Waals surface area contributed by atoms with Gasteiger partial charge in [-0.3, -0.25) is 14.4 Å². The summed E-state index contributed by atoms with van der Waals surface area (Å²) in [6.45, 7) is 0. The maximum Gasteiger partial charge on any atom is 0.240 e. The Labute approximate surface area is 123 Å². The van der Waals surface area contributed by atoms with E-state index in [2.05, 4.69) is 22.8 Å². The largest absolute Gasteiger partial charge is 0.368 e. The van der Waals surface area contributed by atoms with Gasteiger partial charge in [-0.05, 0) is 36.5 Å². The van der Waals surface area contributed by atoms with E-state index in [1.54, 1.807) is 0 Å². The number of nitrogens with two attached hydrogens (primary N) is 1. The zero-order valence-electron chi connectivity index (χ0n) is 12.1. The Bertz CT molecular complexity index is 524. The average molecular weight is 291 g/mol. The number of hydrogen-bond acceptors (Lipinski definition) is 3. The van der Waals surface area contributed by atoms with Gasteiger partial charge in [0.2, 0.25) is 17.7 Å². The normalized spacial score (nSPS) is 32.0. The van der Waals surface area contributed by atoms with Gasteiger partial charge in [-0.1, -0.05) is 12.2 Å². The summed E-state index contributed by atoms with van der Waals surface area (Å²) in [6.07, 6.45) is 7.51. The Morgan fingerprint density at radius 2 is 2.05 bits per heavy atom. The van der Waals surface area contributed by atoms with E-state index in [1.807, 2.05) is 0 Å². The monoisotopic (exact) mass is 291 g/mol. The molecule has 3 aliphatic rings. The summed E-state index contributed by atoms with van der Waals surface area (Å²) in [5.41, 5.74) is 5.61. The molecule has 0 radical (unpaired) electrons. The highest BCUT2D eigenvalue weighted by molar-refractivity contribution is 5.92. The van der Waals surface area contributed by atoms with Crippen LogP contribution in [0.3, 0.4) is 0 Å². The van der Waals surface area contributed by atoms with Gasteiger partial charge >= 0.3 is 0 Å². The Kier molecular flexibility index (Phi) is 3.26. The van der Waals surface area contributed by atoms with Crippen molar-refractivity contribution in [3.05, 3.63) is 12.2 Å². The molecule has 4 N–H and O–H groups in total. The average Bonchev–Trinajstić information content (AvgIpc) is 3.12. The summed E-state index contributed by atoms with van der Waals surface area (Å²) in [5, 5.41) is 5.10. The summed E-state index contributed by atoms with van der Waals surface area (Å²) >= 11 is 0. The van der Waals surface area contributed by atoms with Crippen molar-refractivity contribution in [3.8, 4) is 0 Å². The molecule has 0 aromatic rings. The first-order valence-corrected chi connectivity index (χ1v) is 7.46. The molecule has 0 aliphatic heterocycles. The Morgan fingerprint density at radius 1 is 1.33 bits per heavy atom. The minimum atomic E-state index is -0.935. The Morgan fingerprint density at radius 3 is 2.57 bits per heavy atom. The highest BCUT2D eigenvalue weighted by Crippen LogP contribution is 2.70. The van der Waals surface area contributed by atoms with Crippen molar-refractivity contribution in [2.45, 2.75) is 31.7 Å². The minimum absolute atomic E-state index is 0.0889. The molecule has 0 aromatic heterocycles. The predicted molar refractivity (Wildman–Crippen MR) is 75.7 cm³/mol. The quantitative estimate of drug-likeness (QED) is 0.606. The molecule has 21 heavy (non-hydrogen) atoms. The summed E-state index contributed by atoms with van der Waals surface area (Å²) in [4.78, 5) is 35.3. The van der Waals surface area contributed by atoms with E-state index in [1.165, 1.54) is 19.9 Å². The van der Waals surface area contributed by atoms with Crippen LogP contribution in [0.25, 0.3) is 0 Å². The lowest BCUT2D eigenvalue weighted by Gasteiger charge is -2.22. The molecule has 0 heterocycles. The molecule has 6 nitrogen and oxygen atoms in total. The number of nitrogens with one attached hydrogen (secondary N) is 2. The van der Waals surface area contributed by atoms with E-state index in [4.69, 9.17) is 5.73 Å². The van der Waals surface area contributed by atoms with Gasteiger partial charge in [-0.15, -0.1) is 0 Å². The van der Waals surface area contributed by atoms with Gasteiger partial charge in [0, 0.05) is 13.0 Å². The van der Waals surface area contributed by atoms with Gasteiger partial charge < -0.3 is 16.4 Å². The Hall–Kier alpha value is -1.85. The van der Waals surface area contributed by atoms with Gasteiger partial charge in [-0.2, -0.15) is 0 Å². The molecule has 3 aliphatic carbocycles. The van der Waals surface area contributed by atoms with Gasteiger partial charge in [-0.25, -0.2) is 0 Å². The number of carbonyl (C=O) groups excluding carboxylic acids is 3. The summed E-state index contributed by atoms with van der Waals surface area (Å²) in [6, 6.07) is -0.935. The van der Waals surface area contributed by atoms with E-state index in [0.717, 1.165) is 6.42 Å². The van der Waals surface area contributed by atoms with Crippen LogP contribution < -0.4 is 16.4 Å². The zero-order valence-corrected chi connectivity index (χ0v) is 12.1. The first-order chi connectivity index (χ1) is 9.98. The molecular formula is C15H21N3O3. The molecule has 0 saturated heterocycles. The molecule has 2 saturated carbocycles.